The molecule has 0 amide bonds. The molecule has 0 atom stereocenters. The van der Waals surface area contributed by atoms with E-state index in [2.05, 4.69) is 30.7 Å². The van der Waals surface area contributed by atoms with Gasteiger partial charge in [-0.05, 0) is 13.8 Å². The first-order chi connectivity index (χ1) is 6.67. The molecule has 0 aliphatic heterocycles. The van der Waals surface area contributed by atoms with Crippen LogP contribution < -0.4 is 0 Å². The highest BCUT2D eigenvalue weighted by atomic mass is 79.9. The van der Waals surface area contributed by atoms with Crippen LogP contribution in [-0.2, 0) is 19.2 Å². The highest BCUT2D eigenvalue weighted by Gasteiger charge is 2.21. The van der Waals surface area contributed by atoms with Crippen LogP contribution in [0.25, 0.3) is 0 Å². The summed E-state index contributed by atoms with van der Waals surface area (Å²) < 4.78 is 4.63. The Labute approximate surface area is 90.6 Å². The minimum atomic E-state index is -0.759. The van der Waals surface area contributed by atoms with Crippen molar-refractivity contribution in [2.24, 2.45) is 5.16 Å². The first-order valence-corrected chi connectivity index (χ1v) is 5.25. The number of oxime groups is 1. The lowest BCUT2D eigenvalue weighted by atomic mass is 10.3. The first kappa shape index (κ1) is 13.1. The second-order valence-electron chi connectivity index (χ2n) is 2.13. The monoisotopic (exact) mass is 265 g/mol. The summed E-state index contributed by atoms with van der Waals surface area (Å²) in [4.78, 5) is 27.0. The molecule has 14 heavy (non-hydrogen) atoms. The predicted molar refractivity (Wildman–Crippen MR) is 54.5 cm³/mol. The number of carbonyl (C=O) groups is 2. The molecule has 0 bridgehead atoms. The molecule has 0 radical (unpaired) electrons. The summed E-state index contributed by atoms with van der Waals surface area (Å²) in [5.74, 6) is -1.22. The van der Waals surface area contributed by atoms with Gasteiger partial charge in [-0.25, -0.2) is 4.79 Å². The van der Waals surface area contributed by atoms with Crippen LogP contribution in [0.15, 0.2) is 5.16 Å². The van der Waals surface area contributed by atoms with Crippen molar-refractivity contribution in [3.63, 3.8) is 0 Å². The number of halogens is 1. The molecule has 0 aromatic heterocycles. The predicted octanol–water partition coefficient (Wildman–Crippen LogP) is 0.906. The van der Waals surface area contributed by atoms with Gasteiger partial charge in [-0.1, -0.05) is 21.1 Å². The number of carbonyl (C=O) groups excluding carboxylic acids is 2. The molecule has 0 rings (SSSR count). The Morgan fingerprint density at radius 1 is 1.29 bits per heavy atom. The van der Waals surface area contributed by atoms with Crippen LogP contribution in [0.2, 0.25) is 0 Å². The van der Waals surface area contributed by atoms with Crippen molar-refractivity contribution in [1.29, 1.82) is 0 Å². The van der Waals surface area contributed by atoms with Gasteiger partial charge in [0.05, 0.1) is 11.9 Å². The largest absolute Gasteiger partial charge is 0.461 e. The molecule has 0 aliphatic rings. The third-order valence-corrected chi connectivity index (χ3v) is 1.65. The number of Topliss-reactive ketones (excluding diaryl/α,β-unsaturated/α-hetero) is 1. The normalized spacial score (nSPS) is 10.9. The van der Waals surface area contributed by atoms with Gasteiger partial charge in [0.15, 0.2) is 0 Å². The Morgan fingerprint density at radius 2 is 1.93 bits per heavy atom. The van der Waals surface area contributed by atoms with Crippen LogP contribution >= 0.6 is 15.9 Å². The lowest BCUT2D eigenvalue weighted by molar-refractivity contribution is -0.135. The Balaban J connectivity index is 4.54. The second-order valence-corrected chi connectivity index (χ2v) is 2.70. The molecule has 0 aromatic rings. The zero-order valence-corrected chi connectivity index (χ0v) is 9.67. The summed E-state index contributed by atoms with van der Waals surface area (Å²) in [5, 5.41) is 3.41. The van der Waals surface area contributed by atoms with E-state index in [0.29, 0.717) is 6.61 Å². The number of esters is 1. The highest BCUT2D eigenvalue weighted by molar-refractivity contribution is 9.09. The van der Waals surface area contributed by atoms with E-state index in [0.717, 1.165) is 0 Å². The van der Waals surface area contributed by atoms with E-state index in [1.54, 1.807) is 13.8 Å². The van der Waals surface area contributed by atoms with Gasteiger partial charge in [0.1, 0.15) is 6.61 Å². The third-order valence-electron chi connectivity index (χ3n) is 1.14. The summed E-state index contributed by atoms with van der Waals surface area (Å²) in [6.07, 6.45) is 0. The van der Waals surface area contributed by atoms with E-state index < -0.39 is 11.8 Å². The van der Waals surface area contributed by atoms with Gasteiger partial charge >= 0.3 is 5.97 Å². The molecule has 0 spiro atoms. The summed E-state index contributed by atoms with van der Waals surface area (Å²) in [7, 11) is 0. The van der Waals surface area contributed by atoms with Gasteiger partial charge in [-0.3, -0.25) is 4.79 Å². The van der Waals surface area contributed by atoms with E-state index in [-0.39, 0.29) is 17.6 Å². The molecule has 0 fully saturated rings. The standard InChI is InChI=1S/C8H12BrNO4/c1-3-13-8(12)7(6(11)5-9)10-14-4-2/h3-5H2,1-2H3. The number of ether oxygens (including phenoxy) is 1. The fourth-order valence-corrected chi connectivity index (χ4v) is 0.859. The van der Waals surface area contributed by atoms with E-state index >= 15 is 0 Å². The average Bonchev–Trinajstić information content (AvgIpc) is 2.18. The smallest absolute Gasteiger partial charge is 0.364 e. The van der Waals surface area contributed by atoms with Gasteiger partial charge < -0.3 is 9.57 Å². The van der Waals surface area contributed by atoms with Crippen molar-refractivity contribution < 1.29 is 19.2 Å². The van der Waals surface area contributed by atoms with Crippen LogP contribution in [0.3, 0.4) is 0 Å². The van der Waals surface area contributed by atoms with Crippen LogP contribution in [0.4, 0.5) is 0 Å². The van der Waals surface area contributed by atoms with Crippen LogP contribution in [0.1, 0.15) is 13.8 Å². The fraction of sp³-hybridized carbons (Fsp3) is 0.625. The fourth-order valence-electron chi connectivity index (χ4n) is 0.594. The number of nitrogens with zero attached hydrogens (tertiary/aromatic N) is 1. The van der Waals surface area contributed by atoms with Crippen molar-refractivity contribution in [2.45, 2.75) is 13.8 Å². The van der Waals surface area contributed by atoms with Crippen LogP contribution in [0, 0.1) is 0 Å². The van der Waals surface area contributed by atoms with Gasteiger partial charge in [0.2, 0.25) is 11.5 Å². The third kappa shape index (κ3) is 4.36. The molecule has 0 aromatic carbocycles. The summed E-state index contributed by atoms with van der Waals surface area (Å²) in [6, 6.07) is 0. The van der Waals surface area contributed by atoms with Crippen molar-refractivity contribution in [1.82, 2.24) is 0 Å². The topological polar surface area (TPSA) is 65.0 Å². The SMILES string of the molecule is CCON=C(C(=O)CBr)C(=O)OCC. The lowest BCUT2D eigenvalue weighted by Crippen LogP contribution is -2.27. The Hall–Kier alpha value is -0.910. The molecular weight excluding hydrogens is 254 g/mol. The van der Waals surface area contributed by atoms with E-state index in [9.17, 15) is 9.59 Å². The van der Waals surface area contributed by atoms with E-state index in [4.69, 9.17) is 0 Å². The number of ketones is 1. The number of alkyl halides is 1. The van der Waals surface area contributed by atoms with Crippen molar-refractivity contribution >= 4 is 33.4 Å². The Morgan fingerprint density at radius 3 is 2.36 bits per heavy atom. The molecular formula is C8H12BrNO4. The minimum absolute atomic E-state index is 0.0116. The lowest BCUT2D eigenvalue weighted by Gasteiger charge is -2.02. The summed E-state index contributed by atoms with van der Waals surface area (Å²) >= 11 is 2.93. The second kappa shape index (κ2) is 7.49. The molecule has 0 N–H and O–H groups in total. The molecule has 5 nitrogen and oxygen atoms in total. The summed E-state index contributed by atoms with van der Waals surface area (Å²) in [5.41, 5.74) is -0.314. The number of hydrogen-bond acceptors (Lipinski definition) is 5. The molecule has 80 valence electrons. The maximum Gasteiger partial charge on any atom is 0.364 e. The number of hydrogen-bond donors (Lipinski definition) is 0. The highest BCUT2D eigenvalue weighted by Crippen LogP contribution is 1.93. The Bertz CT molecular complexity index is 239. The minimum Gasteiger partial charge on any atom is -0.461 e. The molecule has 0 saturated heterocycles. The zero-order valence-electron chi connectivity index (χ0n) is 8.08. The maximum absolute atomic E-state index is 11.2. The molecule has 0 heterocycles. The van der Waals surface area contributed by atoms with Crippen LogP contribution in [-0.4, -0.2) is 36.0 Å². The van der Waals surface area contributed by atoms with E-state index in [1.807, 2.05) is 0 Å². The molecule has 0 saturated carbocycles. The van der Waals surface area contributed by atoms with Gasteiger partial charge in [0, 0.05) is 0 Å². The van der Waals surface area contributed by atoms with Crippen molar-refractivity contribution in [3.8, 4) is 0 Å². The average molecular weight is 266 g/mol. The van der Waals surface area contributed by atoms with Gasteiger partial charge in [-0.15, -0.1) is 0 Å². The molecule has 0 aliphatic carbocycles. The molecule has 0 unspecified atom stereocenters. The maximum atomic E-state index is 11.2. The number of rotatable bonds is 6. The first-order valence-electron chi connectivity index (χ1n) is 4.13. The molecule has 6 heteroatoms. The van der Waals surface area contributed by atoms with Crippen LogP contribution in [0.5, 0.6) is 0 Å². The quantitative estimate of drug-likeness (QED) is 0.235. The van der Waals surface area contributed by atoms with Crippen molar-refractivity contribution in [2.75, 3.05) is 18.5 Å². The summed E-state index contributed by atoms with van der Waals surface area (Å²) in [6.45, 7) is 3.83. The Kier molecular flexibility index (Phi) is 7.00. The van der Waals surface area contributed by atoms with E-state index in [1.165, 1.54) is 0 Å². The zero-order chi connectivity index (χ0) is 11.0. The van der Waals surface area contributed by atoms with Gasteiger partial charge in [-0.2, -0.15) is 0 Å². The van der Waals surface area contributed by atoms with Crippen molar-refractivity contribution in [3.05, 3.63) is 0 Å². The van der Waals surface area contributed by atoms with Gasteiger partial charge in [0.25, 0.3) is 0 Å².